The second-order valence-corrected chi connectivity index (χ2v) is 7.36. The number of nitrogen functional groups attached to an aromatic ring is 1. The molecule has 0 spiro atoms. The number of aromatic amines is 1. The molecule has 144 valence electrons. The van der Waals surface area contributed by atoms with Crippen molar-refractivity contribution in [3.63, 3.8) is 0 Å². The van der Waals surface area contributed by atoms with Gasteiger partial charge in [0.2, 0.25) is 0 Å². The van der Waals surface area contributed by atoms with E-state index in [0.717, 1.165) is 47.4 Å². The highest BCUT2D eigenvalue weighted by Crippen LogP contribution is 2.43. The van der Waals surface area contributed by atoms with Crippen molar-refractivity contribution in [2.45, 2.75) is 37.8 Å². The number of anilines is 1. The number of nitrogens with two attached hydrogens (primary N) is 1. The van der Waals surface area contributed by atoms with Crippen LogP contribution in [0.3, 0.4) is 0 Å². The minimum Gasteiger partial charge on any atom is -0.382 e. The van der Waals surface area contributed by atoms with Crippen molar-refractivity contribution in [3.05, 3.63) is 36.9 Å². The molecule has 4 aromatic heterocycles. The summed E-state index contributed by atoms with van der Waals surface area (Å²) in [7, 11) is 1.77. The molecule has 0 unspecified atom stereocenters. The highest BCUT2D eigenvalue weighted by atomic mass is 16.5. The normalized spacial score (nSPS) is 21.9. The fourth-order valence-electron chi connectivity index (χ4n) is 4.03. The number of hydrogen-bond donors (Lipinski definition) is 2. The van der Waals surface area contributed by atoms with Crippen molar-refractivity contribution in [1.82, 2.24) is 34.6 Å². The van der Waals surface area contributed by atoms with E-state index in [1.165, 1.54) is 0 Å². The maximum atomic E-state index is 5.75. The number of nitrogens with one attached hydrogen (secondary N) is 1. The van der Waals surface area contributed by atoms with E-state index < -0.39 is 0 Å². The van der Waals surface area contributed by atoms with Crippen molar-refractivity contribution in [2.75, 3.05) is 12.8 Å². The molecule has 0 radical (unpaired) electrons. The largest absolute Gasteiger partial charge is 0.382 e. The van der Waals surface area contributed by atoms with Crippen LogP contribution in [0.1, 0.15) is 26.2 Å². The second-order valence-electron chi connectivity index (χ2n) is 7.36. The smallest absolute Gasteiger partial charge is 0.145 e. The first-order valence-electron chi connectivity index (χ1n) is 9.36. The Hall–Kier alpha value is -3.20. The van der Waals surface area contributed by atoms with E-state index in [-0.39, 0.29) is 5.54 Å². The highest BCUT2D eigenvalue weighted by molar-refractivity contribution is 5.78. The van der Waals surface area contributed by atoms with Crippen LogP contribution in [-0.4, -0.2) is 47.8 Å². The second kappa shape index (κ2) is 6.16. The predicted molar refractivity (Wildman–Crippen MR) is 104 cm³/mol. The zero-order chi connectivity index (χ0) is 19.3. The van der Waals surface area contributed by atoms with Crippen LogP contribution in [-0.2, 0) is 10.3 Å². The molecule has 9 heteroatoms. The minimum absolute atomic E-state index is 0.0187. The third-order valence-electron chi connectivity index (χ3n) is 5.81. The van der Waals surface area contributed by atoms with Gasteiger partial charge in [0, 0.05) is 24.9 Å². The maximum absolute atomic E-state index is 5.75. The molecule has 1 aliphatic carbocycles. The summed E-state index contributed by atoms with van der Waals surface area (Å²) in [6.07, 6.45) is 10.8. The lowest BCUT2D eigenvalue weighted by Crippen LogP contribution is -2.49. The lowest BCUT2D eigenvalue weighted by atomic mass is 9.72. The van der Waals surface area contributed by atoms with Gasteiger partial charge in [-0.05, 0) is 25.3 Å². The number of hydrogen-bond acceptors (Lipinski definition) is 6. The molecule has 1 aliphatic rings. The number of ether oxygens (including phenoxy) is 1. The van der Waals surface area contributed by atoms with E-state index in [1.54, 1.807) is 19.4 Å². The number of nitrogens with zero attached hydrogens (tertiary/aromatic N) is 6. The molecule has 9 nitrogen and oxygen atoms in total. The highest BCUT2D eigenvalue weighted by Gasteiger charge is 2.45. The SMILES string of the molecule is CCC1(n2cc(-c3nc(-c4cc(N)n[nH]4)cn4nccc34)cn2)CC(OC)C1. The van der Waals surface area contributed by atoms with Gasteiger partial charge in [0.15, 0.2) is 0 Å². The third kappa shape index (κ3) is 2.50. The Bertz CT molecular complexity index is 1130. The monoisotopic (exact) mass is 378 g/mol. The van der Waals surface area contributed by atoms with Crippen LogP contribution in [0.15, 0.2) is 36.9 Å². The summed E-state index contributed by atoms with van der Waals surface area (Å²) < 4.78 is 9.37. The van der Waals surface area contributed by atoms with E-state index in [2.05, 4.69) is 38.2 Å². The summed E-state index contributed by atoms with van der Waals surface area (Å²) in [4.78, 5) is 4.86. The van der Waals surface area contributed by atoms with Crippen LogP contribution in [0.2, 0.25) is 0 Å². The summed E-state index contributed by atoms with van der Waals surface area (Å²) in [5.41, 5.74) is 9.93. The Morgan fingerprint density at radius 3 is 2.89 bits per heavy atom. The molecule has 0 atom stereocenters. The molecule has 1 fully saturated rings. The van der Waals surface area contributed by atoms with Crippen molar-refractivity contribution >= 4 is 11.3 Å². The van der Waals surface area contributed by atoms with Crippen molar-refractivity contribution in [3.8, 4) is 22.6 Å². The van der Waals surface area contributed by atoms with E-state index in [9.17, 15) is 0 Å². The molecule has 0 amide bonds. The van der Waals surface area contributed by atoms with Gasteiger partial charge < -0.3 is 10.5 Å². The lowest BCUT2D eigenvalue weighted by molar-refractivity contribution is -0.0583. The quantitative estimate of drug-likeness (QED) is 0.552. The summed E-state index contributed by atoms with van der Waals surface area (Å²) in [5, 5.41) is 16.0. The van der Waals surface area contributed by atoms with Crippen molar-refractivity contribution in [1.29, 1.82) is 0 Å². The zero-order valence-corrected chi connectivity index (χ0v) is 15.8. The summed E-state index contributed by atoms with van der Waals surface area (Å²) >= 11 is 0. The van der Waals surface area contributed by atoms with Gasteiger partial charge in [0.1, 0.15) is 11.5 Å². The Morgan fingerprint density at radius 1 is 1.32 bits per heavy atom. The average molecular weight is 378 g/mol. The van der Waals surface area contributed by atoms with Crippen LogP contribution in [0, 0.1) is 0 Å². The first kappa shape index (κ1) is 16.9. The predicted octanol–water partition coefficient (Wildman–Crippen LogP) is 2.48. The molecule has 1 saturated carbocycles. The van der Waals surface area contributed by atoms with Crippen LogP contribution in [0.25, 0.3) is 28.2 Å². The number of aromatic nitrogens is 7. The molecule has 28 heavy (non-hydrogen) atoms. The Morgan fingerprint density at radius 2 is 2.18 bits per heavy atom. The number of fused-ring (bicyclic) bond motifs is 1. The first-order valence-corrected chi connectivity index (χ1v) is 9.36. The van der Waals surface area contributed by atoms with E-state index >= 15 is 0 Å². The number of rotatable bonds is 5. The van der Waals surface area contributed by atoms with Crippen LogP contribution < -0.4 is 5.73 Å². The molecule has 3 N–H and O–H groups in total. The van der Waals surface area contributed by atoms with E-state index in [4.69, 9.17) is 15.5 Å². The molecular formula is C19H22N8O. The average Bonchev–Trinajstić information content (AvgIpc) is 3.41. The fraction of sp³-hybridized carbons (Fsp3) is 0.368. The van der Waals surface area contributed by atoms with Crippen LogP contribution in [0.4, 0.5) is 5.82 Å². The van der Waals surface area contributed by atoms with Gasteiger partial charge in [-0.1, -0.05) is 6.92 Å². The summed E-state index contributed by atoms with van der Waals surface area (Å²) in [6.45, 7) is 2.20. The molecule has 4 heterocycles. The van der Waals surface area contributed by atoms with Crippen molar-refractivity contribution < 1.29 is 4.74 Å². The number of methoxy groups -OCH3 is 1. The minimum atomic E-state index is 0.0187. The zero-order valence-electron chi connectivity index (χ0n) is 15.8. The fourth-order valence-corrected chi connectivity index (χ4v) is 4.03. The number of H-pyrrole nitrogens is 1. The van der Waals surface area contributed by atoms with E-state index in [1.807, 2.05) is 23.0 Å². The third-order valence-corrected chi connectivity index (χ3v) is 5.81. The first-order chi connectivity index (χ1) is 13.6. The van der Waals surface area contributed by atoms with Crippen molar-refractivity contribution in [2.24, 2.45) is 0 Å². The maximum Gasteiger partial charge on any atom is 0.145 e. The summed E-state index contributed by atoms with van der Waals surface area (Å²) in [6, 6.07) is 3.71. The Balaban J connectivity index is 1.58. The van der Waals surface area contributed by atoms with Gasteiger partial charge in [0.05, 0.1) is 47.1 Å². The molecule has 0 bridgehead atoms. The van der Waals surface area contributed by atoms with E-state index in [0.29, 0.717) is 11.9 Å². The van der Waals surface area contributed by atoms with Gasteiger partial charge in [-0.25, -0.2) is 9.50 Å². The topological polar surface area (TPSA) is 112 Å². The Kier molecular flexibility index (Phi) is 3.73. The van der Waals surface area contributed by atoms with Gasteiger partial charge in [0.25, 0.3) is 0 Å². The van der Waals surface area contributed by atoms with Crippen LogP contribution in [0.5, 0.6) is 0 Å². The molecule has 5 rings (SSSR count). The molecule has 0 aliphatic heterocycles. The standard InChI is InChI=1S/C19H22N8O/c1-3-19(7-13(8-19)28-2)27-10-12(9-22-27)18-16-4-5-21-26(16)11-15(23-18)14-6-17(20)25-24-14/h4-6,9-11,13H,3,7-8H2,1-2H3,(H3,20,24,25). The van der Waals surface area contributed by atoms with Gasteiger partial charge in [-0.2, -0.15) is 15.3 Å². The molecule has 0 aromatic carbocycles. The van der Waals surface area contributed by atoms with Crippen LogP contribution >= 0.6 is 0 Å². The van der Waals surface area contributed by atoms with Gasteiger partial charge in [-0.3, -0.25) is 9.78 Å². The summed E-state index contributed by atoms with van der Waals surface area (Å²) in [5.74, 6) is 0.425. The Labute approximate surface area is 161 Å². The molecule has 0 saturated heterocycles. The van der Waals surface area contributed by atoms with Gasteiger partial charge >= 0.3 is 0 Å². The lowest BCUT2D eigenvalue weighted by Gasteiger charge is -2.46. The van der Waals surface area contributed by atoms with Gasteiger partial charge in [-0.15, -0.1) is 0 Å². The molecular weight excluding hydrogens is 356 g/mol. The molecule has 4 aromatic rings.